The molecule has 0 aromatic heterocycles. The summed E-state index contributed by atoms with van der Waals surface area (Å²) in [7, 11) is 1.72. The van der Waals surface area contributed by atoms with Crippen molar-refractivity contribution in [3.63, 3.8) is 0 Å². The quantitative estimate of drug-likeness (QED) is 0.798. The van der Waals surface area contributed by atoms with Gasteiger partial charge in [0, 0.05) is 33.3 Å². The number of hydrogen-bond donors (Lipinski definition) is 1. The fourth-order valence-electron chi connectivity index (χ4n) is 2.07. The molecule has 1 aromatic rings. The van der Waals surface area contributed by atoms with Crippen molar-refractivity contribution in [2.24, 2.45) is 5.73 Å². The third kappa shape index (κ3) is 2.37. The summed E-state index contributed by atoms with van der Waals surface area (Å²) < 4.78 is 5.29. The second-order valence-corrected chi connectivity index (χ2v) is 4.03. The number of ether oxygens (including phenoxy) is 1. The third-order valence-electron chi connectivity index (χ3n) is 2.96. The highest BCUT2D eigenvalue weighted by atomic mass is 16.5. The molecule has 0 amide bonds. The van der Waals surface area contributed by atoms with Crippen LogP contribution in [-0.2, 0) is 17.8 Å². The molecule has 15 heavy (non-hydrogen) atoms. The van der Waals surface area contributed by atoms with Gasteiger partial charge in [0.2, 0.25) is 0 Å². The van der Waals surface area contributed by atoms with Crippen LogP contribution in [0.5, 0.6) is 0 Å². The Morgan fingerprint density at radius 2 is 1.93 bits per heavy atom. The van der Waals surface area contributed by atoms with Crippen LogP contribution >= 0.6 is 0 Å². The fourth-order valence-corrected chi connectivity index (χ4v) is 2.07. The molecule has 1 aliphatic heterocycles. The monoisotopic (exact) mass is 206 g/mol. The van der Waals surface area contributed by atoms with Gasteiger partial charge in [-0.2, -0.15) is 0 Å². The number of rotatable bonds is 4. The van der Waals surface area contributed by atoms with Gasteiger partial charge in [0.05, 0.1) is 6.10 Å². The highest BCUT2D eigenvalue weighted by molar-refractivity contribution is 5.30. The summed E-state index contributed by atoms with van der Waals surface area (Å²) in [5.74, 6) is 0. The van der Waals surface area contributed by atoms with Crippen molar-refractivity contribution in [3.05, 3.63) is 35.4 Å². The number of methoxy groups -OCH3 is 1. The standard InChI is InChI=1S/C12H18N2O/c1-15-12(6-13)9-14-7-10-4-2-3-5-11(10)8-14/h2-5,12H,6-9,13H2,1H3. The lowest BCUT2D eigenvalue weighted by atomic mass is 10.1. The zero-order valence-corrected chi connectivity index (χ0v) is 9.15. The van der Waals surface area contributed by atoms with Crippen LogP contribution in [0.2, 0.25) is 0 Å². The molecular formula is C12H18N2O. The summed E-state index contributed by atoms with van der Waals surface area (Å²) in [5.41, 5.74) is 8.48. The molecule has 0 aliphatic carbocycles. The van der Waals surface area contributed by atoms with E-state index in [4.69, 9.17) is 10.5 Å². The molecular weight excluding hydrogens is 188 g/mol. The minimum atomic E-state index is 0.152. The van der Waals surface area contributed by atoms with E-state index in [-0.39, 0.29) is 6.10 Å². The molecule has 0 spiro atoms. The number of nitrogens with two attached hydrogens (primary N) is 1. The van der Waals surface area contributed by atoms with Crippen LogP contribution < -0.4 is 5.73 Å². The summed E-state index contributed by atoms with van der Waals surface area (Å²) in [5, 5.41) is 0. The van der Waals surface area contributed by atoms with E-state index in [2.05, 4.69) is 29.2 Å². The van der Waals surface area contributed by atoms with Crippen molar-refractivity contribution in [3.8, 4) is 0 Å². The largest absolute Gasteiger partial charge is 0.379 e. The van der Waals surface area contributed by atoms with Crippen molar-refractivity contribution < 1.29 is 4.74 Å². The fraction of sp³-hybridized carbons (Fsp3) is 0.500. The second kappa shape index (κ2) is 4.75. The van der Waals surface area contributed by atoms with Crippen LogP contribution in [0.4, 0.5) is 0 Å². The highest BCUT2D eigenvalue weighted by Crippen LogP contribution is 2.22. The number of hydrogen-bond acceptors (Lipinski definition) is 3. The maximum Gasteiger partial charge on any atom is 0.0820 e. The minimum absolute atomic E-state index is 0.152. The summed E-state index contributed by atoms with van der Waals surface area (Å²) in [6.45, 7) is 3.55. The Kier molecular flexibility index (Phi) is 3.36. The van der Waals surface area contributed by atoms with E-state index in [1.165, 1.54) is 11.1 Å². The first-order chi connectivity index (χ1) is 7.33. The van der Waals surface area contributed by atoms with Gasteiger partial charge in [-0.25, -0.2) is 0 Å². The predicted octanol–water partition coefficient (Wildman–Crippen LogP) is 0.976. The van der Waals surface area contributed by atoms with Crippen LogP contribution in [0, 0.1) is 0 Å². The zero-order chi connectivity index (χ0) is 10.7. The first-order valence-corrected chi connectivity index (χ1v) is 5.35. The normalized spacial score (nSPS) is 17.7. The maximum absolute atomic E-state index is 5.61. The Morgan fingerprint density at radius 3 is 2.40 bits per heavy atom. The van der Waals surface area contributed by atoms with Crippen molar-refractivity contribution in [1.82, 2.24) is 4.90 Å². The molecule has 1 unspecified atom stereocenters. The Morgan fingerprint density at radius 1 is 1.33 bits per heavy atom. The van der Waals surface area contributed by atoms with Gasteiger partial charge in [-0.1, -0.05) is 24.3 Å². The van der Waals surface area contributed by atoms with Crippen molar-refractivity contribution in [1.29, 1.82) is 0 Å². The molecule has 0 saturated heterocycles. The van der Waals surface area contributed by atoms with E-state index in [1.807, 2.05) is 0 Å². The topological polar surface area (TPSA) is 38.5 Å². The van der Waals surface area contributed by atoms with E-state index >= 15 is 0 Å². The minimum Gasteiger partial charge on any atom is -0.379 e. The van der Waals surface area contributed by atoms with E-state index in [1.54, 1.807) is 7.11 Å². The van der Waals surface area contributed by atoms with Gasteiger partial charge in [0.25, 0.3) is 0 Å². The molecule has 2 N–H and O–H groups in total. The smallest absolute Gasteiger partial charge is 0.0820 e. The van der Waals surface area contributed by atoms with Crippen molar-refractivity contribution >= 4 is 0 Å². The van der Waals surface area contributed by atoms with Gasteiger partial charge < -0.3 is 10.5 Å². The van der Waals surface area contributed by atoms with Crippen LogP contribution in [0.1, 0.15) is 11.1 Å². The molecule has 1 aliphatic rings. The van der Waals surface area contributed by atoms with Crippen LogP contribution in [0.25, 0.3) is 0 Å². The Hall–Kier alpha value is -0.900. The van der Waals surface area contributed by atoms with Gasteiger partial charge in [-0.3, -0.25) is 4.90 Å². The summed E-state index contributed by atoms with van der Waals surface area (Å²) in [6, 6.07) is 8.58. The molecule has 0 radical (unpaired) electrons. The average Bonchev–Trinajstić information content (AvgIpc) is 2.68. The second-order valence-electron chi connectivity index (χ2n) is 4.03. The molecule has 3 nitrogen and oxygen atoms in total. The van der Waals surface area contributed by atoms with E-state index < -0.39 is 0 Å². The van der Waals surface area contributed by atoms with Crippen LogP contribution in [0.3, 0.4) is 0 Å². The van der Waals surface area contributed by atoms with Crippen molar-refractivity contribution in [2.75, 3.05) is 20.2 Å². The van der Waals surface area contributed by atoms with Crippen LogP contribution in [0.15, 0.2) is 24.3 Å². The average molecular weight is 206 g/mol. The van der Waals surface area contributed by atoms with Gasteiger partial charge >= 0.3 is 0 Å². The Labute approximate surface area is 90.8 Å². The van der Waals surface area contributed by atoms with Crippen molar-refractivity contribution in [2.45, 2.75) is 19.2 Å². The number of benzene rings is 1. The number of fused-ring (bicyclic) bond motifs is 1. The summed E-state index contributed by atoms with van der Waals surface area (Å²) >= 11 is 0. The molecule has 1 aromatic carbocycles. The molecule has 0 saturated carbocycles. The lowest BCUT2D eigenvalue weighted by molar-refractivity contribution is 0.0690. The van der Waals surface area contributed by atoms with Gasteiger partial charge in [0.15, 0.2) is 0 Å². The lowest BCUT2D eigenvalue weighted by Crippen LogP contribution is -2.35. The van der Waals surface area contributed by atoms with E-state index in [0.717, 1.165) is 19.6 Å². The SMILES string of the molecule is COC(CN)CN1Cc2ccccc2C1. The van der Waals surface area contributed by atoms with E-state index in [9.17, 15) is 0 Å². The molecule has 1 atom stereocenters. The third-order valence-corrected chi connectivity index (χ3v) is 2.96. The summed E-state index contributed by atoms with van der Waals surface area (Å²) in [6.07, 6.45) is 0.152. The number of nitrogens with zero attached hydrogens (tertiary/aromatic N) is 1. The maximum atomic E-state index is 5.61. The zero-order valence-electron chi connectivity index (χ0n) is 9.15. The molecule has 1 heterocycles. The van der Waals surface area contributed by atoms with Crippen LogP contribution in [-0.4, -0.2) is 31.2 Å². The molecule has 0 fully saturated rings. The first-order valence-electron chi connectivity index (χ1n) is 5.35. The lowest BCUT2D eigenvalue weighted by Gasteiger charge is -2.20. The first kappa shape index (κ1) is 10.6. The molecule has 2 rings (SSSR count). The van der Waals surface area contributed by atoms with E-state index in [0.29, 0.717) is 6.54 Å². The Bertz CT molecular complexity index is 298. The molecule has 82 valence electrons. The van der Waals surface area contributed by atoms with Gasteiger partial charge in [-0.15, -0.1) is 0 Å². The highest BCUT2D eigenvalue weighted by Gasteiger charge is 2.20. The van der Waals surface area contributed by atoms with Gasteiger partial charge in [0.1, 0.15) is 0 Å². The Balaban J connectivity index is 1.95. The summed E-state index contributed by atoms with van der Waals surface area (Å²) in [4.78, 5) is 2.38. The predicted molar refractivity (Wildman–Crippen MR) is 60.4 cm³/mol. The molecule has 0 bridgehead atoms. The van der Waals surface area contributed by atoms with Gasteiger partial charge in [-0.05, 0) is 11.1 Å². The molecule has 3 heteroatoms.